The number of carbonyl (C=O) groups excluding carboxylic acids is 1. The molecule has 1 N–H and O–H groups in total. The molecule has 0 radical (unpaired) electrons. The maximum absolute atomic E-state index is 13.1. The van der Waals surface area contributed by atoms with Gasteiger partial charge >= 0.3 is 0 Å². The van der Waals surface area contributed by atoms with Gasteiger partial charge in [0.15, 0.2) is 0 Å². The first kappa shape index (κ1) is 22.4. The lowest BCUT2D eigenvalue weighted by Crippen LogP contribution is -2.34. The molecule has 1 aromatic heterocycles. The SMILES string of the molecule is Cc1ccc(C(=O)NCc2ccc(F)cc2)c(C2CCN(Cc3ccc(Cl)cc3)CC2)n1. The summed E-state index contributed by atoms with van der Waals surface area (Å²) in [6.07, 6.45) is 1.92. The van der Waals surface area contributed by atoms with E-state index in [0.717, 1.165) is 54.4 Å². The Kier molecular flexibility index (Phi) is 7.18. The average Bonchev–Trinajstić information content (AvgIpc) is 2.80. The molecule has 2 heterocycles. The summed E-state index contributed by atoms with van der Waals surface area (Å²) in [7, 11) is 0. The van der Waals surface area contributed by atoms with Crippen LogP contribution in [0, 0.1) is 12.7 Å². The van der Waals surface area contributed by atoms with Gasteiger partial charge in [-0.3, -0.25) is 14.7 Å². The van der Waals surface area contributed by atoms with Crippen LogP contribution in [0.4, 0.5) is 4.39 Å². The Morgan fingerprint density at radius 1 is 1.03 bits per heavy atom. The third kappa shape index (κ3) is 5.72. The van der Waals surface area contributed by atoms with Gasteiger partial charge in [0.25, 0.3) is 5.91 Å². The van der Waals surface area contributed by atoms with E-state index in [1.54, 1.807) is 12.1 Å². The van der Waals surface area contributed by atoms with E-state index >= 15 is 0 Å². The Hall–Kier alpha value is -2.76. The third-order valence-corrected chi connectivity index (χ3v) is 6.22. The van der Waals surface area contributed by atoms with Gasteiger partial charge in [0.05, 0.1) is 11.3 Å². The fourth-order valence-corrected chi connectivity index (χ4v) is 4.30. The molecule has 1 amide bonds. The fraction of sp³-hybridized carbons (Fsp3) is 0.308. The smallest absolute Gasteiger partial charge is 0.253 e. The van der Waals surface area contributed by atoms with Crippen molar-refractivity contribution in [2.75, 3.05) is 13.1 Å². The summed E-state index contributed by atoms with van der Waals surface area (Å²) in [4.78, 5) is 20.1. The molecular weight excluding hydrogens is 425 g/mol. The van der Waals surface area contributed by atoms with Crippen molar-refractivity contribution in [1.29, 1.82) is 0 Å². The van der Waals surface area contributed by atoms with Crippen LogP contribution in [-0.2, 0) is 13.1 Å². The van der Waals surface area contributed by atoms with E-state index < -0.39 is 0 Å². The topological polar surface area (TPSA) is 45.2 Å². The molecule has 1 saturated heterocycles. The number of aromatic nitrogens is 1. The lowest BCUT2D eigenvalue weighted by Gasteiger charge is -2.32. The van der Waals surface area contributed by atoms with Crippen LogP contribution in [0.3, 0.4) is 0 Å². The zero-order chi connectivity index (χ0) is 22.5. The third-order valence-electron chi connectivity index (χ3n) is 5.97. The van der Waals surface area contributed by atoms with E-state index in [1.807, 2.05) is 31.2 Å². The zero-order valence-corrected chi connectivity index (χ0v) is 18.9. The highest BCUT2D eigenvalue weighted by Gasteiger charge is 2.26. The minimum Gasteiger partial charge on any atom is -0.348 e. The molecule has 6 heteroatoms. The van der Waals surface area contributed by atoms with Gasteiger partial charge in [0.2, 0.25) is 0 Å². The second-order valence-electron chi connectivity index (χ2n) is 8.37. The molecule has 0 bridgehead atoms. The van der Waals surface area contributed by atoms with Gasteiger partial charge in [-0.2, -0.15) is 0 Å². The summed E-state index contributed by atoms with van der Waals surface area (Å²) in [5.41, 5.74) is 4.54. The molecule has 0 unspecified atom stereocenters. The second-order valence-corrected chi connectivity index (χ2v) is 8.81. The molecule has 1 aliphatic heterocycles. The van der Waals surface area contributed by atoms with Gasteiger partial charge in [-0.1, -0.05) is 35.9 Å². The Labute approximate surface area is 193 Å². The largest absolute Gasteiger partial charge is 0.348 e. The van der Waals surface area contributed by atoms with Gasteiger partial charge in [-0.15, -0.1) is 0 Å². The van der Waals surface area contributed by atoms with Crippen molar-refractivity contribution in [3.63, 3.8) is 0 Å². The van der Waals surface area contributed by atoms with Gasteiger partial charge in [0, 0.05) is 29.7 Å². The van der Waals surface area contributed by atoms with Crippen molar-refractivity contribution >= 4 is 17.5 Å². The van der Waals surface area contributed by atoms with Gasteiger partial charge in [0.1, 0.15) is 5.82 Å². The van der Waals surface area contributed by atoms with Crippen LogP contribution in [0.15, 0.2) is 60.7 Å². The van der Waals surface area contributed by atoms with Gasteiger partial charge in [-0.25, -0.2) is 4.39 Å². The number of benzene rings is 2. The number of hydrogen-bond acceptors (Lipinski definition) is 3. The number of carbonyl (C=O) groups is 1. The van der Waals surface area contributed by atoms with Crippen LogP contribution in [0.25, 0.3) is 0 Å². The fourth-order valence-electron chi connectivity index (χ4n) is 4.17. The lowest BCUT2D eigenvalue weighted by molar-refractivity contribution is 0.0948. The lowest BCUT2D eigenvalue weighted by atomic mass is 9.89. The predicted molar refractivity (Wildman–Crippen MR) is 125 cm³/mol. The van der Waals surface area contributed by atoms with Crippen LogP contribution < -0.4 is 5.32 Å². The normalized spacial score (nSPS) is 15.0. The molecule has 32 heavy (non-hydrogen) atoms. The molecule has 1 fully saturated rings. The molecule has 2 aromatic carbocycles. The standard InChI is InChI=1S/C26H27ClFN3O/c1-18-2-11-24(26(32)29-16-19-5-9-23(28)10-6-19)25(30-18)21-12-14-31(15-13-21)17-20-3-7-22(27)8-4-20/h2-11,21H,12-17H2,1H3,(H,29,32). The van der Waals surface area contributed by atoms with Crippen molar-refractivity contribution in [3.05, 3.63) is 99.6 Å². The maximum Gasteiger partial charge on any atom is 0.253 e. The Morgan fingerprint density at radius 2 is 1.69 bits per heavy atom. The van der Waals surface area contributed by atoms with Crippen molar-refractivity contribution in [2.45, 2.75) is 38.8 Å². The predicted octanol–water partition coefficient (Wildman–Crippen LogP) is 5.49. The van der Waals surface area contributed by atoms with Crippen molar-refractivity contribution in [2.24, 2.45) is 0 Å². The van der Waals surface area contributed by atoms with Crippen molar-refractivity contribution in [3.8, 4) is 0 Å². The van der Waals surface area contributed by atoms with Crippen molar-refractivity contribution in [1.82, 2.24) is 15.2 Å². The van der Waals surface area contributed by atoms with Crippen LogP contribution in [0.5, 0.6) is 0 Å². The first-order valence-corrected chi connectivity index (χ1v) is 11.3. The number of aryl methyl sites for hydroxylation is 1. The molecular formula is C26H27ClFN3O. The van der Waals surface area contributed by atoms with E-state index in [0.29, 0.717) is 12.1 Å². The van der Waals surface area contributed by atoms with E-state index in [1.165, 1.54) is 17.7 Å². The van der Waals surface area contributed by atoms with Gasteiger partial charge in [-0.05, 0) is 80.4 Å². The highest BCUT2D eigenvalue weighted by molar-refractivity contribution is 6.30. The Bertz CT molecular complexity index is 1060. The number of nitrogens with zero attached hydrogens (tertiary/aromatic N) is 2. The quantitative estimate of drug-likeness (QED) is 0.538. The van der Waals surface area contributed by atoms with Crippen LogP contribution >= 0.6 is 11.6 Å². The molecule has 3 aromatic rings. The Balaban J connectivity index is 1.40. The molecule has 0 aliphatic carbocycles. The molecule has 0 saturated carbocycles. The summed E-state index contributed by atoms with van der Waals surface area (Å²) in [6.45, 7) is 5.13. The number of hydrogen-bond donors (Lipinski definition) is 1. The number of halogens is 2. The monoisotopic (exact) mass is 451 g/mol. The molecule has 0 spiro atoms. The first-order valence-electron chi connectivity index (χ1n) is 10.9. The second kappa shape index (κ2) is 10.2. The van der Waals surface area contributed by atoms with Crippen LogP contribution in [0.1, 0.15) is 51.6 Å². The van der Waals surface area contributed by atoms with Crippen LogP contribution in [-0.4, -0.2) is 28.9 Å². The van der Waals surface area contributed by atoms with Gasteiger partial charge < -0.3 is 5.32 Å². The highest BCUT2D eigenvalue weighted by Crippen LogP contribution is 2.30. The number of likely N-dealkylation sites (tertiary alicyclic amines) is 1. The number of pyridine rings is 1. The molecule has 4 rings (SSSR count). The Morgan fingerprint density at radius 3 is 2.38 bits per heavy atom. The average molecular weight is 452 g/mol. The van der Waals surface area contributed by atoms with Crippen molar-refractivity contribution < 1.29 is 9.18 Å². The maximum atomic E-state index is 13.1. The number of rotatable bonds is 6. The summed E-state index contributed by atoms with van der Waals surface area (Å²) in [5, 5.41) is 3.71. The van der Waals surface area contributed by atoms with E-state index in [2.05, 4.69) is 22.3 Å². The van der Waals surface area contributed by atoms with E-state index in [9.17, 15) is 9.18 Å². The summed E-state index contributed by atoms with van der Waals surface area (Å²) in [6, 6.07) is 17.9. The number of amides is 1. The summed E-state index contributed by atoms with van der Waals surface area (Å²) in [5.74, 6) is -0.171. The molecule has 0 atom stereocenters. The van der Waals surface area contributed by atoms with E-state index in [4.69, 9.17) is 16.6 Å². The number of piperidine rings is 1. The summed E-state index contributed by atoms with van der Waals surface area (Å²) < 4.78 is 13.1. The number of nitrogens with one attached hydrogen (secondary N) is 1. The minimum atomic E-state index is -0.285. The first-order chi connectivity index (χ1) is 15.5. The molecule has 4 nitrogen and oxygen atoms in total. The molecule has 166 valence electrons. The molecule has 1 aliphatic rings. The highest BCUT2D eigenvalue weighted by atomic mass is 35.5. The zero-order valence-electron chi connectivity index (χ0n) is 18.2. The summed E-state index contributed by atoms with van der Waals surface area (Å²) >= 11 is 5.99. The van der Waals surface area contributed by atoms with E-state index in [-0.39, 0.29) is 17.6 Å². The minimum absolute atomic E-state index is 0.139. The van der Waals surface area contributed by atoms with Crippen LogP contribution in [0.2, 0.25) is 5.02 Å².